The van der Waals surface area contributed by atoms with E-state index in [0.717, 1.165) is 17.3 Å². The van der Waals surface area contributed by atoms with Gasteiger partial charge in [0.25, 0.3) is 0 Å². The van der Waals surface area contributed by atoms with Crippen molar-refractivity contribution < 1.29 is 4.79 Å². The maximum absolute atomic E-state index is 11.9. The van der Waals surface area contributed by atoms with Gasteiger partial charge in [0.1, 0.15) is 11.5 Å². The number of aryl methyl sites for hydroxylation is 1. The quantitative estimate of drug-likeness (QED) is 0.807. The molecule has 1 N–H and O–H groups in total. The molecular formula is C14H22N4OSi. The molecule has 5 nitrogen and oxygen atoms in total. The molecule has 2 aliphatic rings. The molecule has 3 rings (SSSR count). The molecule has 1 aromatic heterocycles. The number of hydrogen-bond donors (Lipinski definition) is 1. The van der Waals surface area contributed by atoms with Crippen molar-refractivity contribution in [2.24, 2.45) is 0 Å². The van der Waals surface area contributed by atoms with Crippen LogP contribution in [0.4, 0.5) is 11.5 Å². The van der Waals surface area contributed by atoms with Crippen molar-refractivity contribution in [3.05, 3.63) is 12.0 Å². The molecule has 1 aromatic rings. The Labute approximate surface area is 120 Å². The third kappa shape index (κ3) is 2.56. The molecule has 1 amide bonds. The van der Waals surface area contributed by atoms with Crippen LogP contribution < -0.4 is 10.2 Å². The van der Waals surface area contributed by atoms with Crippen LogP contribution in [0.1, 0.15) is 18.7 Å². The van der Waals surface area contributed by atoms with Gasteiger partial charge in [-0.05, 0) is 19.8 Å². The summed E-state index contributed by atoms with van der Waals surface area (Å²) in [6.07, 6.45) is 4.10. The first-order chi connectivity index (χ1) is 9.44. The Hall–Kier alpha value is -1.43. The van der Waals surface area contributed by atoms with Crippen LogP contribution in [0.3, 0.4) is 0 Å². The number of anilines is 2. The third-order valence-electron chi connectivity index (χ3n) is 4.50. The highest BCUT2D eigenvalue weighted by Crippen LogP contribution is 2.36. The Morgan fingerprint density at radius 3 is 2.75 bits per heavy atom. The Morgan fingerprint density at radius 1 is 1.35 bits per heavy atom. The van der Waals surface area contributed by atoms with Gasteiger partial charge in [0, 0.05) is 14.1 Å². The van der Waals surface area contributed by atoms with Crippen LogP contribution in [0.15, 0.2) is 6.20 Å². The molecule has 0 saturated carbocycles. The molecule has 1 saturated heterocycles. The molecule has 20 heavy (non-hydrogen) atoms. The smallest absolute Gasteiger partial charge is 0.244 e. The van der Waals surface area contributed by atoms with Gasteiger partial charge >= 0.3 is 0 Å². The van der Waals surface area contributed by atoms with Crippen LogP contribution in [0.2, 0.25) is 25.2 Å². The summed E-state index contributed by atoms with van der Waals surface area (Å²) < 4.78 is 0. The number of nitrogens with one attached hydrogen (secondary N) is 1. The molecule has 0 aliphatic carbocycles. The zero-order valence-corrected chi connectivity index (χ0v) is 13.4. The van der Waals surface area contributed by atoms with E-state index in [-0.39, 0.29) is 5.91 Å². The zero-order chi connectivity index (χ0) is 14.3. The SMILES string of the molecule is Cc1ncc2c(n1)N(C1CC[Si](C)(C)CC1)CC(=O)N2. The van der Waals surface area contributed by atoms with Gasteiger partial charge in [0.2, 0.25) is 5.91 Å². The van der Waals surface area contributed by atoms with E-state index < -0.39 is 8.07 Å². The van der Waals surface area contributed by atoms with Crippen LogP contribution in [0.5, 0.6) is 0 Å². The summed E-state index contributed by atoms with van der Waals surface area (Å²) in [5.41, 5.74) is 0.758. The number of carbonyl (C=O) groups excluding carboxylic acids is 1. The summed E-state index contributed by atoms with van der Waals surface area (Å²) in [6, 6.07) is 3.14. The number of rotatable bonds is 1. The molecule has 108 valence electrons. The van der Waals surface area contributed by atoms with E-state index in [9.17, 15) is 4.79 Å². The Kier molecular flexibility index (Phi) is 3.28. The summed E-state index contributed by atoms with van der Waals surface area (Å²) in [5.74, 6) is 1.71. The third-order valence-corrected chi connectivity index (χ3v) is 7.78. The number of amides is 1. The van der Waals surface area contributed by atoms with Gasteiger partial charge in [0.15, 0.2) is 5.82 Å². The first kappa shape index (κ1) is 13.5. The van der Waals surface area contributed by atoms with Crippen molar-refractivity contribution in [2.75, 3.05) is 16.8 Å². The molecule has 6 heteroatoms. The fraction of sp³-hybridized carbons (Fsp3) is 0.643. The summed E-state index contributed by atoms with van der Waals surface area (Å²) in [5, 5.41) is 2.88. The van der Waals surface area contributed by atoms with E-state index >= 15 is 0 Å². The normalized spacial score (nSPS) is 22.4. The Balaban J connectivity index is 1.87. The van der Waals surface area contributed by atoms with Crippen LogP contribution in [-0.4, -0.2) is 36.5 Å². The number of hydrogen-bond acceptors (Lipinski definition) is 4. The molecule has 0 aromatic carbocycles. The molecule has 0 bridgehead atoms. The van der Waals surface area contributed by atoms with E-state index in [1.807, 2.05) is 6.92 Å². The van der Waals surface area contributed by atoms with Gasteiger partial charge in [-0.1, -0.05) is 25.2 Å². The molecule has 0 spiro atoms. The number of fused-ring (bicyclic) bond motifs is 1. The second-order valence-corrected chi connectivity index (χ2v) is 12.1. The number of nitrogens with zero attached hydrogens (tertiary/aromatic N) is 3. The van der Waals surface area contributed by atoms with E-state index in [4.69, 9.17) is 0 Å². The average molecular weight is 290 g/mol. The summed E-state index contributed by atoms with van der Waals surface area (Å²) in [6.45, 7) is 7.25. The van der Waals surface area contributed by atoms with Crippen molar-refractivity contribution in [3.63, 3.8) is 0 Å². The van der Waals surface area contributed by atoms with E-state index in [2.05, 4.69) is 33.3 Å². The molecule has 1 fully saturated rings. The molecule has 3 heterocycles. The Morgan fingerprint density at radius 2 is 2.05 bits per heavy atom. The molecule has 0 atom stereocenters. The minimum atomic E-state index is -0.975. The highest BCUT2D eigenvalue weighted by Gasteiger charge is 2.35. The van der Waals surface area contributed by atoms with Gasteiger partial charge in [-0.15, -0.1) is 0 Å². The topological polar surface area (TPSA) is 58.1 Å². The predicted molar refractivity (Wildman–Crippen MR) is 82.9 cm³/mol. The Bertz CT molecular complexity index is 536. The first-order valence-corrected chi connectivity index (χ1v) is 10.8. The van der Waals surface area contributed by atoms with Crippen LogP contribution in [0, 0.1) is 6.92 Å². The zero-order valence-electron chi connectivity index (χ0n) is 12.4. The highest BCUT2D eigenvalue weighted by molar-refractivity contribution is 6.77. The van der Waals surface area contributed by atoms with E-state index in [1.165, 1.54) is 24.9 Å². The average Bonchev–Trinajstić information content (AvgIpc) is 2.39. The van der Waals surface area contributed by atoms with Gasteiger partial charge in [-0.3, -0.25) is 4.79 Å². The second kappa shape index (κ2) is 4.84. The lowest BCUT2D eigenvalue weighted by Gasteiger charge is -2.41. The van der Waals surface area contributed by atoms with E-state index in [1.54, 1.807) is 6.20 Å². The lowest BCUT2D eigenvalue weighted by molar-refractivity contribution is -0.115. The minimum Gasteiger partial charge on any atom is -0.343 e. The summed E-state index contributed by atoms with van der Waals surface area (Å²) in [4.78, 5) is 22.8. The minimum absolute atomic E-state index is 0.0482. The van der Waals surface area contributed by atoms with Crippen molar-refractivity contribution >= 4 is 25.5 Å². The summed E-state index contributed by atoms with van der Waals surface area (Å²) in [7, 11) is -0.975. The summed E-state index contributed by atoms with van der Waals surface area (Å²) >= 11 is 0. The molecular weight excluding hydrogens is 268 g/mol. The number of carbonyl (C=O) groups is 1. The lowest BCUT2D eigenvalue weighted by atomic mass is 10.1. The molecule has 2 aliphatic heterocycles. The van der Waals surface area contributed by atoms with Gasteiger partial charge in [0.05, 0.1) is 12.7 Å². The van der Waals surface area contributed by atoms with Crippen molar-refractivity contribution in [3.8, 4) is 0 Å². The van der Waals surface area contributed by atoms with Crippen LogP contribution in [0.25, 0.3) is 0 Å². The van der Waals surface area contributed by atoms with Gasteiger partial charge in [-0.2, -0.15) is 0 Å². The fourth-order valence-electron chi connectivity index (χ4n) is 3.18. The second-order valence-electron chi connectivity index (χ2n) is 6.73. The van der Waals surface area contributed by atoms with E-state index in [0.29, 0.717) is 12.6 Å². The van der Waals surface area contributed by atoms with Crippen molar-refractivity contribution in [2.45, 2.75) is 51.0 Å². The van der Waals surface area contributed by atoms with Crippen LogP contribution in [-0.2, 0) is 4.79 Å². The maximum Gasteiger partial charge on any atom is 0.244 e. The fourth-order valence-corrected chi connectivity index (χ4v) is 5.66. The van der Waals surface area contributed by atoms with Crippen LogP contribution >= 0.6 is 0 Å². The standard InChI is InChI=1S/C14H22N4OSi/c1-10-15-8-12-14(16-10)18(9-13(19)17-12)11-4-6-20(2,3)7-5-11/h8,11H,4-7,9H2,1-3H3,(H,17,19). The first-order valence-electron chi connectivity index (χ1n) is 7.35. The maximum atomic E-state index is 11.9. The highest BCUT2D eigenvalue weighted by atomic mass is 28.3. The lowest BCUT2D eigenvalue weighted by Crippen LogP contribution is -2.48. The number of aromatic nitrogens is 2. The molecule has 0 unspecified atom stereocenters. The van der Waals surface area contributed by atoms with Crippen molar-refractivity contribution in [1.82, 2.24) is 9.97 Å². The van der Waals surface area contributed by atoms with Gasteiger partial charge < -0.3 is 10.2 Å². The molecule has 0 radical (unpaired) electrons. The van der Waals surface area contributed by atoms with Crippen molar-refractivity contribution in [1.29, 1.82) is 0 Å². The predicted octanol–water partition coefficient (Wildman–Crippen LogP) is 2.41. The van der Waals surface area contributed by atoms with Gasteiger partial charge in [-0.25, -0.2) is 9.97 Å². The monoisotopic (exact) mass is 290 g/mol. The largest absolute Gasteiger partial charge is 0.343 e.